The number of aliphatic hydroxyl groups excluding tert-OH is 2. The molecule has 4 fully saturated rings. The summed E-state index contributed by atoms with van der Waals surface area (Å²) in [4.78, 5) is 74.5. The molecule has 0 spiro atoms. The number of fused-ring (bicyclic) bond motifs is 7. The molecule has 1 saturated heterocycles. The first kappa shape index (κ1) is 42.6. The van der Waals surface area contributed by atoms with Gasteiger partial charge in [0, 0.05) is 46.8 Å². The van der Waals surface area contributed by atoms with Crippen LogP contribution in [0.25, 0.3) is 0 Å². The Hall–Kier alpha value is -4.48. The molecule has 4 aliphatic carbocycles. The number of ether oxygens (including phenoxy) is 2. The average molecular weight is 880 g/mol. The maximum absolute atomic E-state index is 14.0. The third-order valence-corrected chi connectivity index (χ3v) is 14.3. The summed E-state index contributed by atoms with van der Waals surface area (Å²) in [6.07, 6.45) is 8.51. The van der Waals surface area contributed by atoms with E-state index in [9.17, 15) is 44.1 Å². The molecular formula is C43H51BrN4O11. The minimum atomic E-state index is -1.47. The van der Waals surface area contributed by atoms with Crippen LogP contribution in [0.15, 0.2) is 66.5 Å². The highest BCUT2D eigenvalue weighted by Gasteiger charge is 2.76. The monoisotopic (exact) mass is 878 g/mol. The van der Waals surface area contributed by atoms with E-state index in [2.05, 4.69) is 38.8 Å². The van der Waals surface area contributed by atoms with Gasteiger partial charge in [-0.15, -0.1) is 0 Å². The van der Waals surface area contributed by atoms with Crippen molar-refractivity contribution in [1.82, 2.24) is 15.2 Å². The summed E-state index contributed by atoms with van der Waals surface area (Å²) in [7, 11) is 0. The predicted octanol–water partition coefficient (Wildman–Crippen LogP) is 3.50. The summed E-state index contributed by atoms with van der Waals surface area (Å²) >= 11 is 2.99. The van der Waals surface area contributed by atoms with Gasteiger partial charge in [0.15, 0.2) is 23.5 Å². The molecule has 316 valence electrons. The van der Waals surface area contributed by atoms with Crippen molar-refractivity contribution in [3.8, 4) is 0 Å². The normalized spacial score (nSPS) is 32.7. The number of hydrogen-bond donors (Lipinski definition) is 6. The van der Waals surface area contributed by atoms with Gasteiger partial charge in [-0.05, 0) is 86.8 Å². The van der Waals surface area contributed by atoms with Crippen LogP contribution >= 0.6 is 15.9 Å². The molecule has 16 heteroatoms. The number of aliphatic carboxylic acids is 1. The lowest BCUT2D eigenvalue weighted by Gasteiger charge is -2.59. The molecule has 1 aromatic heterocycles. The summed E-state index contributed by atoms with van der Waals surface area (Å²) in [6, 6.07) is 7.57. The van der Waals surface area contributed by atoms with Crippen LogP contribution in [0, 0.1) is 28.6 Å². The maximum Gasteiger partial charge on any atom is 0.303 e. The number of anilines is 1. The number of nitrogens with one attached hydrogen (secondary N) is 3. The number of nitrogens with zero attached hydrogens (tertiary/aromatic N) is 1. The number of allylic oxidation sites excluding steroid dienone is 4. The molecule has 3 saturated carbocycles. The first-order valence-corrected chi connectivity index (χ1v) is 21.2. The number of alkyl halides is 1. The molecule has 0 unspecified atom stereocenters. The van der Waals surface area contributed by atoms with Crippen LogP contribution in [-0.2, 0) is 38.2 Å². The van der Waals surface area contributed by atoms with E-state index in [0.29, 0.717) is 17.7 Å². The van der Waals surface area contributed by atoms with E-state index in [1.807, 2.05) is 55.1 Å². The number of aromatic nitrogens is 1. The highest BCUT2D eigenvalue weighted by molar-refractivity contribution is 9.09. The average Bonchev–Trinajstić information content (AvgIpc) is 3.91. The number of benzene rings is 1. The molecule has 3 amide bonds. The van der Waals surface area contributed by atoms with Crippen molar-refractivity contribution in [2.75, 3.05) is 23.8 Å². The highest BCUT2D eigenvalue weighted by Crippen LogP contribution is 2.70. The van der Waals surface area contributed by atoms with Crippen LogP contribution in [0.2, 0.25) is 0 Å². The number of carbonyl (C=O) groups is 6. The number of rotatable bonds is 14. The molecule has 1 aromatic carbocycles. The summed E-state index contributed by atoms with van der Waals surface area (Å²) in [5, 5.41) is 39.1. The number of aliphatic hydroxyl groups is 2. The van der Waals surface area contributed by atoms with Crippen molar-refractivity contribution in [2.45, 2.75) is 95.5 Å². The van der Waals surface area contributed by atoms with Gasteiger partial charge in [0.2, 0.25) is 17.7 Å². The number of carbonyl (C=O) groups excluding carboxylic acids is 5. The van der Waals surface area contributed by atoms with Crippen molar-refractivity contribution in [2.24, 2.45) is 28.6 Å². The molecule has 2 heterocycles. The van der Waals surface area contributed by atoms with E-state index in [4.69, 9.17) is 9.47 Å². The zero-order valence-electron chi connectivity index (χ0n) is 33.2. The van der Waals surface area contributed by atoms with Crippen molar-refractivity contribution in [3.63, 3.8) is 0 Å². The van der Waals surface area contributed by atoms with Gasteiger partial charge in [-0.2, -0.15) is 0 Å². The summed E-state index contributed by atoms with van der Waals surface area (Å²) < 4.78 is 15.4. The summed E-state index contributed by atoms with van der Waals surface area (Å²) in [6.45, 7) is 4.99. The van der Waals surface area contributed by atoms with Gasteiger partial charge in [0.05, 0.1) is 30.1 Å². The van der Waals surface area contributed by atoms with Crippen LogP contribution in [-0.4, -0.2) is 97.5 Å². The Kier molecular flexibility index (Phi) is 11.9. The number of Topliss-reactive ketones (excluding diaryl/α,β-unsaturated/α-hetero) is 1. The maximum atomic E-state index is 14.0. The second-order valence-electron chi connectivity index (χ2n) is 17.0. The van der Waals surface area contributed by atoms with Gasteiger partial charge in [0.25, 0.3) is 0 Å². The van der Waals surface area contributed by atoms with Crippen molar-refractivity contribution < 1.29 is 53.6 Å². The number of carboxylic acids is 1. The lowest BCUT2D eigenvalue weighted by atomic mass is 9.46. The standard InChI is InChI=1S/C43H51BrN4O11/c1-23(24-4-7-27(8-5-24)46-39(57)31(10-11-37(55)56)47-36(54)20-45-35(53)19-44)48-15-13-25(21-48)40-58-34-17-30-29-9-6-26-16-28(50)12-14-41(26,2)38(29)32(51)18-42(30,3)43(34,59-40)33(52)22-49/h4-5,7-8,12-16,21,23,29-32,34,38,40,49,51H,6,9-11,17-20,22H2,1-3H3,(H,45,53)(H,46,57)(H,47,54)(H,55,56)/t23-,29+,30+,31+,32+,34-,38-,40-,41+,42+,43-/m1/s1. The molecule has 2 aromatic rings. The van der Waals surface area contributed by atoms with Crippen LogP contribution in [0.3, 0.4) is 0 Å². The Morgan fingerprint density at radius 2 is 1.83 bits per heavy atom. The molecule has 7 rings (SSSR count). The SMILES string of the molecule is C[C@H](c1ccc(NC(=O)[C@H](CCC(=O)O)NC(=O)CNC(=O)CBr)cc1)n1ccc([C@@H]2O[C@@H]3C[C@H]4[C@@H]5CCC6=CC(=O)C=C[C@]6(C)[C@H]5[C@@H](O)C[C@]4(C)[C@]3(C(=O)CO)O2)c1. The van der Waals surface area contributed by atoms with Gasteiger partial charge in [-0.25, -0.2) is 0 Å². The minimum Gasteiger partial charge on any atom is -0.481 e. The smallest absolute Gasteiger partial charge is 0.303 e. The zero-order chi connectivity index (χ0) is 42.4. The zero-order valence-corrected chi connectivity index (χ0v) is 34.8. The number of halogens is 1. The molecule has 6 N–H and O–H groups in total. The van der Waals surface area contributed by atoms with E-state index >= 15 is 0 Å². The minimum absolute atomic E-state index is 0.00128. The summed E-state index contributed by atoms with van der Waals surface area (Å²) in [5.41, 5.74) is 0.282. The Morgan fingerprint density at radius 3 is 2.53 bits per heavy atom. The Balaban J connectivity index is 1.03. The second kappa shape index (κ2) is 16.5. The van der Waals surface area contributed by atoms with Crippen molar-refractivity contribution in [3.05, 3.63) is 77.7 Å². The van der Waals surface area contributed by atoms with Gasteiger partial charge in [0.1, 0.15) is 12.6 Å². The Labute approximate surface area is 350 Å². The van der Waals surface area contributed by atoms with Crippen LogP contribution in [0.1, 0.15) is 82.8 Å². The lowest BCUT2D eigenvalue weighted by molar-refractivity contribution is -0.201. The third kappa shape index (κ3) is 7.62. The fraction of sp³-hybridized carbons (Fsp3) is 0.535. The van der Waals surface area contributed by atoms with Crippen LogP contribution in [0.5, 0.6) is 0 Å². The van der Waals surface area contributed by atoms with Crippen LogP contribution in [0.4, 0.5) is 5.69 Å². The Bertz CT molecular complexity index is 2080. The number of amides is 3. The molecule has 5 aliphatic rings. The predicted molar refractivity (Wildman–Crippen MR) is 216 cm³/mol. The second-order valence-corrected chi connectivity index (χ2v) is 17.5. The molecule has 1 aliphatic heterocycles. The quantitative estimate of drug-likeness (QED) is 0.151. The third-order valence-electron chi connectivity index (χ3n) is 13.8. The molecule has 11 atom stereocenters. The first-order chi connectivity index (χ1) is 28.0. The molecule has 0 bridgehead atoms. The van der Waals surface area contributed by atoms with Gasteiger partial charge in [-0.1, -0.05) is 53.6 Å². The number of carboxylic acid groups (broad SMARTS) is 1. The van der Waals surface area contributed by atoms with Crippen molar-refractivity contribution >= 4 is 56.9 Å². The number of hydrogen-bond acceptors (Lipinski definition) is 10. The van der Waals surface area contributed by atoms with E-state index in [1.54, 1.807) is 24.3 Å². The van der Waals surface area contributed by atoms with Gasteiger partial charge >= 0.3 is 5.97 Å². The first-order valence-electron chi connectivity index (χ1n) is 20.1. The van der Waals surface area contributed by atoms with E-state index < -0.39 is 77.1 Å². The van der Waals surface area contributed by atoms with Crippen molar-refractivity contribution in [1.29, 1.82) is 0 Å². The van der Waals surface area contributed by atoms with E-state index in [-0.39, 0.29) is 60.7 Å². The molecule has 59 heavy (non-hydrogen) atoms. The molecular weight excluding hydrogens is 828 g/mol. The fourth-order valence-corrected chi connectivity index (χ4v) is 11.1. The molecule has 15 nitrogen and oxygen atoms in total. The highest BCUT2D eigenvalue weighted by atomic mass is 79.9. The summed E-state index contributed by atoms with van der Waals surface area (Å²) in [5.74, 6) is -3.40. The largest absolute Gasteiger partial charge is 0.481 e. The fourth-order valence-electron chi connectivity index (χ4n) is 10.9. The van der Waals surface area contributed by atoms with Gasteiger partial charge in [-0.3, -0.25) is 28.8 Å². The van der Waals surface area contributed by atoms with Gasteiger partial charge < -0.3 is 45.3 Å². The number of ketones is 2. The van der Waals surface area contributed by atoms with E-state index in [0.717, 1.165) is 24.0 Å². The van der Waals surface area contributed by atoms with E-state index in [1.165, 1.54) is 0 Å². The molecule has 0 radical (unpaired) electrons. The Morgan fingerprint density at radius 1 is 1.08 bits per heavy atom. The lowest BCUT2D eigenvalue weighted by Crippen LogP contribution is -2.63. The topological polar surface area (TPSA) is 223 Å². The van der Waals surface area contributed by atoms with Crippen LogP contribution < -0.4 is 16.0 Å².